The van der Waals surface area contributed by atoms with E-state index in [0.717, 1.165) is 25.5 Å². The maximum Gasteiger partial charge on any atom is 0.0701 e. The van der Waals surface area contributed by atoms with Gasteiger partial charge in [0, 0.05) is 12.3 Å². The first-order valence-corrected chi connectivity index (χ1v) is 5.96. The van der Waals surface area contributed by atoms with Gasteiger partial charge < -0.3 is 14.4 Å². The van der Waals surface area contributed by atoms with Crippen molar-refractivity contribution >= 4 is 11.8 Å². The molecule has 0 radical (unpaired) electrons. The summed E-state index contributed by atoms with van der Waals surface area (Å²) in [4.78, 5) is 2.11. The minimum absolute atomic E-state index is 0.711. The average Bonchev–Trinajstić information content (AvgIpc) is 2.09. The van der Waals surface area contributed by atoms with E-state index in [1.165, 1.54) is 0 Å². The molecule has 0 amide bonds. The van der Waals surface area contributed by atoms with Gasteiger partial charge in [-0.05, 0) is 20.4 Å². The largest absolute Gasteiger partial charge is 0.378 e. The predicted molar refractivity (Wildman–Crippen MR) is 58.6 cm³/mol. The molecule has 80 valence electrons. The van der Waals surface area contributed by atoms with E-state index in [0.29, 0.717) is 13.2 Å². The number of thioether (sulfide) groups is 1. The van der Waals surface area contributed by atoms with Gasteiger partial charge in [0.25, 0.3) is 0 Å². The van der Waals surface area contributed by atoms with Crippen LogP contribution < -0.4 is 0 Å². The van der Waals surface area contributed by atoms with Crippen LogP contribution in [-0.2, 0) is 9.47 Å². The molecule has 0 rings (SSSR count). The maximum atomic E-state index is 5.35. The molecule has 0 spiro atoms. The third-order valence-electron chi connectivity index (χ3n) is 1.49. The highest BCUT2D eigenvalue weighted by atomic mass is 32.2. The number of nitrogens with zero attached hydrogens (tertiary/aromatic N) is 1. The highest BCUT2D eigenvalue weighted by Crippen LogP contribution is 1.90. The molecule has 13 heavy (non-hydrogen) atoms. The molecule has 0 fully saturated rings. The lowest BCUT2D eigenvalue weighted by Crippen LogP contribution is -2.19. The van der Waals surface area contributed by atoms with Crippen LogP contribution in [0.1, 0.15) is 0 Å². The minimum Gasteiger partial charge on any atom is -0.378 e. The molecular weight excluding hydrogens is 186 g/mol. The Bertz CT molecular complexity index is 102. The molecule has 0 N–H and O–H groups in total. The van der Waals surface area contributed by atoms with Gasteiger partial charge in [-0.15, -0.1) is 0 Å². The topological polar surface area (TPSA) is 21.7 Å². The lowest BCUT2D eigenvalue weighted by molar-refractivity contribution is 0.0482. The fraction of sp³-hybridized carbons (Fsp3) is 1.00. The van der Waals surface area contributed by atoms with Crippen LogP contribution in [0, 0.1) is 0 Å². The quantitative estimate of drug-likeness (QED) is 0.525. The van der Waals surface area contributed by atoms with Crippen molar-refractivity contribution in [3.05, 3.63) is 0 Å². The van der Waals surface area contributed by atoms with Gasteiger partial charge in [-0.1, -0.05) is 0 Å². The zero-order valence-electron chi connectivity index (χ0n) is 8.91. The van der Waals surface area contributed by atoms with Gasteiger partial charge in [0.1, 0.15) is 0 Å². The minimum atomic E-state index is 0.711. The van der Waals surface area contributed by atoms with E-state index >= 15 is 0 Å². The SMILES string of the molecule is CSCCOCCOCCN(C)C. The molecule has 0 aliphatic carbocycles. The Labute approximate surface area is 85.8 Å². The summed E-state index contributed by atoms with van der Waals surface area (Å²) in [6, 6.07) is 0. The van der Waals surface area contributed by atoms with Crippen molar-refractivity contribution in [3.63, 3.8) is 0 Å². The third kappa shape index (κ3) is 12.2. The molecule has 0 unspecified atom stereocenters. The summed E-state index contributed by atoms with van der Waals surface area (Å²) in [7, 11) is 4.08. The summed E-state index contributed by atoms with van der Waals surface area (Å²) >= 11 is 1.80. The Hall–Kier alpha value is 0.230. The summed E-state index contributed by atoms with van der Waals surface area (Å²) < 4.78 is 10.7. The van der Waals surface area contributed by atoms with Gasteiger partial charge in [0.15, 0.2) is 0 Å². The molecule has 0 aromatic heterocycles. The predicted octanol–water partition coefficient (Wildman–Crippen LogP) is 0.944. The third-order valence-corrected chi connectivity index (χ3v) is 2.06. The molecule has 0 saturated carbocycles. The average molecular weight is 207 g/mol. The zero-order chi connectivity index (χ0) is 9.94. The van der Waals surface area contributed by atoms with Crippen LogP contribution in [0.3, 0.4) is 0 Å². The summed E-state index contributed by atoms with van der Waals surface area (Å²) in [5.74, 6) is 1.07. The Kier molecular flexibility index (Phi) is 10.5. The van der Waals surface area contributed by atoms with Crippen LogP contribution in [0.4, 0.5) is 0 Å². The smallest absolute Gasteiger partial charge is 0.0701 e. The lowest BCUT2D eigenvalue weighted by atomic mass is 10.6. The normalized spacial score (nSPS) is 11.1. The molecule has 0 atom stereocenters. The molecule has 4 heteroatoms. The summed E-state index contributed by atoms with van der Waals surface area (Å²) in [6.45, 7) is 4.03. The van der Waals surface area contributed by atoms with Crippen LogP contribution in [0.2, 0.25) is 0 Å². The van der Waals surface area contributed by atoms with E-state index in [-0.39, 0.29) is 0 Å². The van der Waals surface area contributed by atoms with Gasteiger partial charge in [-0.2, -0.15) is 11.8 Å². The highest BCUT2D eigenvalue weighted by molar-refractivity contribution is 7.98. The fourth-order valence-corrected chi connectivity index (χ4v) is 0.996. The molecule has 0 aliphatic rings. The van der Waals surface area contributed by atoms with Crippen LogP contribution in [0.15, 0.2) is 0 Å². The first-order chi connectivity index (χ1) is 6.27. The van der Waals surface area contributed by atoms with Crippen molar-refractivity contribution in [3.8, 4) is 0 Å². The van der Waals surface area contributed by atoms with Crippen molar-refractivity contribution in [1.82, 2.24) is 4.90 Å². The molecular formula is C9H21NO2S. The van der Waals surface area contributed by atoms with Gasteiger partial charge >= 0.3 is 0 Å². The Balaban J connectivity index is 2.84. The van der Waals surface area contributed by atoms with E-state index in [9.17, 15) is 0 Å². The van der Waals surface area contributed by atoms with E-state index in [4.69, 9.17) is 9.47 Å². The molecule has 0 aromatic carbocycles. The van der Waals surface area contributed by atoms with Crippen LogP contribution in [0.5, 0.6) is 0 Å². The molecule has 0 bridgehead atoms. The Morgan fingerprint density at radius 3 is 2.15 bits per heavy atom. The monoisotopic (exact) mass is 207 g/mol. The van der Waals surface area contributed by atoms with Crippen molar-refractivity contribution in [2.24, 2.45) is 0 Å². The number of ether oxygens (including phenoxy) is 2. The highest BCUT2D eigenvalue weighted by Gasteiger charge is 1.91. The van der Waals surface area contributed by atoms with E-state index < -0.39 is 0 Å². The number of hydrogen-bond donors (Lipinski definition) is 0. The number of hydrogen-bond acceptors (Lipinski definition) is 4. The van der Waals surface area contributed by atoms with Gasteiger partial charge in [0.2, 0.25) is 0 Å². The first kappa shape index (κ1) is 13.2. The van der Waals surface area contributed by atoms with Gasteiger partial charge in [0.05, 0.1) is 26.4 Å². The molecule has 0 heterocycles. The summed E-state index contributed by atoms with van der Waals surface area (Å²) in [6.07, 6.45) is 2.08. The second-order valence-corrected chi connectivity index (χ2v) is 4.01. The Morgan fingerprint density at radius 2 is 1.62 bits per heavy atom. The molecule has 0 saturated heterocycles. The fourth-order valence-electron chi connectivity index (χ4n) is 0.711. The van der Waals surface area contributed by atoms with Crippen molar-refractivity contribution in [2.75, 3.05) is 59.1 Å². The first-order valence-electron chi connectivity index (χ1n) is 4.56. The second-order valence-electron chi connectivity index (χ2n) is 3.02. The molecule has 0 aromatic rings. The summed E-state index contributed by atoms with van der Waals surface area (Å²) in [5, 5.41) is 0. The van der Waals surface area contributed by atoms with E-state index in [2.05, 4.69) is 11.2 Å². The number of rotatable bonds is 9. The van der Waals surface area contributed by atoms with Crippen molar-refractivity contribution in [1.29, 1.82) is 0 Å². The molecule has 0 aliphatic heterocycles. The van der Waals surface area contributed by atoms with Crippen molar-refractivity contribution < 1.29 is 9.47 Å². The second kappa shape index (κ2) is 10.3. The van der Waals surface area contributed by atoms with Crippen LogP contribution in [0.25, 0.3) is 0 Å². The lowest BCUT2D eigenvalue weighted by Gasteiger charge is -2.09. The number of likely N-dealkylation sites (N-methyl/N-ethyl adjacent to an activating group) is 1. The van der Waals surface area contributed by atoms with Gasteiger partial charge in [-0.3, -0.25) is 0 Å². The molecule has 3 nitrogen and oxygen atoms in total. The standard InChI is InChI=1S/C9H21NO2S/c1-10(2)4-5-11-6-7-12-8-9-13-3/h4-9H2,1-3H3. The van der Waals surface area contributed by atoms with Gasteiger partial charge in [-0.25, -0.2) is 0 Å². The van der Waals surface area contributed by atoms with Crippen LogP contribution in [-0.4, -0.2) is 64.0 Å². The zero-order valence-corrected chi connectivity index (χ0v) is 9.73. The maximum absolute atomic E-state index is 5.35. The van der Waals surface area contributed by atoms with E-state index in [1.54, 1.807) is 11.8 Å². The van der Waals surface area contributed by atoms with E-state index in [1.807, 2.05) is 14.1 Å². The Morgan fingerprint density at radius 1 is 1.00 bits per heavy atom. The van der Waals surface area contributed by atoms with Crippen LogP contribution >= 0.6 is 11.8 Å². The summed E-state index contributed by atoms with van der Waals surface area (Å²) in [5.41, 5.74) is 0. The van der Waals surface area contributed by atoms with Crippen molar-refractivity contribution in [2.45, 2.75) is 0 Å².